The predicted octanol–water partition coefficient (Wildman–Crippen LogP) is 4.53. The van der Waals surface area contributed by atoms with Gasteiger partial charge in [0, 0.05) is 17.2 Å². The maximum absolute atomic E-state index is 13.9. The van der Waals surface area contributed by atoms with Gasteiger partial charge >= 0.3 is 0 Å². The van der Waals surface area contributed by atoms with Gasteiger partial charge in [-0.2, -0.15) is 0 Å². The Morgan fingerprint density at radius 1 is 0.833 bits per heavy atom. The molecule has 0 nitrogen and oxygen atoms in total. The first-order valence-corrected chi connectivity index (χ1v) is 5.33. The molecule has 0 saturated carbocycles. The Morgan fingerprint density at radius 2 is 1.50 bits per heavy atom. The molecule has 0 heterocycles. The van der Waals surface area contributed by atoms with Crippen LogP contribution in [0.1, 0.15) is 11.1 Å². The monoisotopic (exact) mass is 254 g/mol. The van der Waals surface area contributed by atoms with Gasteiger partial charge < -0.3 is 0 Å². The molecule has 0 radical (unpaired) electrons. The second-order valence-electron chi connectivity index (χ2n) is 4.09. The maximum Gasteiger partial charge on any atom is 0.139 e. The lowest BCUT2D eigenvalue weighted by molar-refractivity contribution is 0.534. The Labute approximate surface area is 102 Å². The number of aryl methyl sites for hydroxylation is 1. The Hall–Kier alpha value is -1.84. The minimum Gasteiger partial charge on any atom is -0.206 e. The average molecular weight is 254 g/mol. The van der Waals surface area contributed by atoms with Crippen molar-refractivity contribution in [3.05, 3.63) is 58.7 Å². The Morgan fingerprint density at radius 3 is 2.17 bits per heavy atom. The summed E-state index contributed by atoms with van der Waals surface area (Å²) in [4.78, 5) is 0. The molecule has 4 heteroatoms. The summed E-state index contributed by atoms with van der Waals surface area (Å²) < 4.78 is 54.5. The largest absolute Gasteiger partial charge is 0.206 e. The fraction of sp³-hybridized carbons (Fsp3) is 0.143. The molecular weight excluding hydrogens is 244 g/mol. The van der Waals surface area contributed by atoms with E-state index in [1.165, 1.54) is 32.0 Å². The van der Waals surface area contributed by atoms with Crippen LogP contribution in [0.25, 0.3) is 11.1 Å². The van der Waals surface area contributed by atoms with Gasteiger partial charge in [-0.15, -0.1) is 0 Å². The molecule has 0 saturated heterocycles. The van der Waals surface area contributed by atoms with E-state index in [1.54, 1.807) is 0 Å². The first-order valence-electron chi connectivity index (χ1n) is 5.33. The van der Waals surface area contributed by atoms with Crippen molar-refractivity contribution in [2.45, 2.75) is 13.8 Å². The summed E-state index contributed by atoms with van der Waals surface area (Å²) in [6.07, 6.45) is 0. The van der Waals surface area contributed by atoms with Crippen molar-refractivity contribution < 1.29 is 17.6 Å². The van der Waals surface area contributed by atoms with Gasteiger partial charge in [0.1, 0.15) is 23.3 Å². The SMILES string of the molecule is Cc1cccc(-c2c(F)cc(F)c(C)c2F)c1F. The van der Waals surface area contributed by atoms with Gasteiger partial charge in [0.25, 0.3) is 0 Å². The quantitative estimate of drug-likeness (QED) is 0.656. The summed E-state index contributed by atoms with van der Waals surface area (Å²) in [6, 6.07) is 4.81. The van der Waals surface area contributed by atoms with Crippen LogP contribution in [0.3, 0.4) is 0 Å². The van der Waals surface area contributed by atoms with Gasteiger partial charge in [-0.05, 0) is 19.4 Å². The smallest absolute Gasteiger partial charge is 0.139 e. The summed E-state index contributed by atoms with van der Waals surface area (Å²) in [5, 5.41) is 0. The first kappa shape index (κ1) is 12.6. The fourth-order valence-electron chi connectivity index (χ4n) is 1.78. The van der Waals surface area contributed by atoms with E-state index in [0.29, 0.717) is 6.07 Å². The molecule has 0 fully saturated rings. The van der Waals surface area contributed by atoms with Crippen LogP contribution in [0, 0.1) is 37.1 Å². The van der Waals surface area contributed by atoms with Gasteiger partial charge in [0.2, 0.25) is 0 Å². The molecule has 0 N–H and O–H groups in total. The third kappa shape index (κ3) is 1.88. The van der Waals surface area contributed by atoms with Crippen LogP contribution in [-0.2, 0) is 0 Å². The number of halogens is 4. The van der Waals surface area contributed by atoms with Crippen molar-refractivity contribution in [1.82, 2.24) is 0 Å². The Balaban J connectivity index is 2.80. The van der Waals surface area contributed by atoms with E-state index in [2.05, 4.69) is 0 Å². The molecule has 0 aromatic heterocycles. The lowest BCUT2D eigenvalue weighted by Crippen LogP contribution is -2.00. The van der Waals surface area contributed by atoms with Crippen LogP contribution >= 0.6 is 0 Å². The van der Waals surface area contributed by atoms with Crippen molar-refractivity contribution in [2.75, 3.05) is 0 Å². The molecule has 2 aromatic carbocycles. The van der Waals surface area contributed by atoms with Crippen LogP contribution in [0.5, 0.6) is 0 Å². The molecule has 0 aliphatic rings. The van der Waals surface area contributed by atoms with Crippen molar-refractivity contribution in [2.24, 2.45) is 0 Å². The second-order valence-corrected chi connectivity index (χ2v) is 4.09. The van der Waals surface area contributed by atoms with Gasteiger partial charge in [-0.25, -0.2) is 17.6 Å². The van der Waals surface area contributed by atoms with Crippen molar-refractivity contribution in [3.63, 3.8) is 0 Å². The second kappa shape index (κ2) is 4.44. The minimum absolute atomic E-state index is 0.201. The van der Waals surface area contributed by atoms with Crippen molar-refractivity contribution >= 4 is 0 Å². The van der Waals surface area contributed by atoms with Crippen LogP contribution in [0.15, 0.2) is 24.3 Å². The molecule has 2 aromatic rings. The summed E-state index contributed by atoms with van der Waals surface area (Å²) in [6.45, 7) is 2.67. The molecule has 18 heavy (non-hydrogen) atoms. The molecule has 0 unspecified atom stereocenters. The lowest BCUT2D eigenvalue weighted by atomic mass is 9.99. The lowest BCUT2D eigenvalue weighted by Gasteiger charge is -2.10. The topological polar surface area (TPSA) is 0 Å². The Bertz CT molecular complexity index is 618. The van der Waals surface area contributed by atoms with Crippen LogP contribution in [0.4, 0.5) is 17.6 Å². The molecule has 0 amide bonds. The van der Waals surface area contributed by atoms with Crippen molar-refractivity contribution in [3.8, 4) is 11.1 Å². The molecule has 2 rings (SSSR count). The third-order valence-electron chi connectivity index (χ3n) is 2.86. The van der Waals surface area contributed by atoms with Crippen LogP contribution < -0.4 is 0 Å². The number of hydrogen-bond donors (Lipinski definition) is 0. The Kier molecular flexibility index (Phi) is 3.11. The van der Waals surface area contributed by atoms with Gasteiger partial charge in [-0.1, -0.05) is 18.2 Å². The zero-order valence-corrected chi connectivity index (χ0v) is 9.82. The van der Waals surface area contributed by atoms with E-state index in [0.717, 1.165) is 0 Å². The summed E-state index contributed by atoms with van der Waals surface area (Å²) in [5.41, 5.74) is -0.788. The number of hydrogen-bond acceptors (Lipinski definition) is 0. The summed E-state index contributed by atoms with van der Waals surface area (Å²) >= 11 is 0. The minimum atomic E-state index is -1.11. The van der Waals surface area contributed by atoms with Gasteiger partial charge in [0.15, 0.2) is 0 Å². The average Bonchev–Trinajstić information content (AvgIpc) is 2.32. The summed E-state index contributed by atoms with van der Waals surface area (Å²) in [5.74, 6) is -3.87. The van der Waals surface area contributed by atoms with Crippen LogP contribution in [-0.4, -0.2) is 0 Å². The zero-order valence-electron chi connectivity index (χ0n) is 9.82. The molecular formula is C14H10F4. The fourth-order valence-corrected chi connectivity index (χ4v) is 1.78. The third-order valence-corrected chi connectivity index (χ3v) is 2.86. The van der Waals surface area contributed by atoms with E-state index in [1.807, 2.05) is 0 Å². The summed E-state index contributed by atoms with van der Waals surface area (Å²) in [7, 11) is 0. The molecule has 0 aliphatic heterocycles. The zero-order chi connectivity index (χ0) is 13.4. The number of benzene rings is 2. The van der Waals surface area contributed by atoms with Gasteiger partial charge in [0.05, 0.1) is 5.56 Å². The maximum atomic E-state index is 13.9. The normalized spacial score (nSPS) is 10.8. The van der Waals surface area contributed by atoms with E-state index >= 15 is 0 Å². The van der Waals surface area contributed by atoms with E-state index in [4.69, 9.17) is 0 Å². The van der Waals surface area contributed by atoms with E-state index in [-0.39, 0.29) is 16.7 Å². The number of rotatable bonds is 1. The highest BCUT2D eigenvalue weighted by atomic mass is 19.1. The molecule has 0 spiro atoms. The highest BCUT2D eigenvalue weighted by molar-refractivity contribution is 5.67. The standard InChI is InChI=1S/C14H10F4/c1-7-4-3-5-9(13(7)17)12-11(16)6-10(15)8(2)14(12)18/h3-6H,1-2H3. The highest BCUT2D eigenvalue weighted by Crippen LogP contribution is 2.32. The first-order chi connectivity index (χ1) is 8.43. The molecule has 0 aliphatic carbocycles. The van der Waals surface area contributed by atoms with Crippen molar-refractivity contribution in [1.29, 1.82) is 0 Å². The van der Waals surface area contributed by atoms with E-state index < -0.39 is 28.8 Å². The van der Waals surface area contributed by atoms with Gasteiger partial charge in [-0.3, -0.25) is 0 Å². The molecule has 94 valence electrons. The highest BCUT2D eigenvalue weighted by Gasteiger charge is 2.20. The van der Waals surface area contributed by atoms with E-state index in [9.17, 15) is 17.6 Å². The predicted molar refractivity (Wildman–Crippen MR) is 61.2 cm³/mol. The van der Waals surface area contributed by atoms with Crippen LogP contribution in [0.2, 0.25) is 0 Å². The molecule has 0 bridgehead atoms. The molecule has 0 atom stereocenters.